The molecule has 1 aliphatic heterocycles. The largest absolute Gasteiger partial charge is 0.507 e. The summed E-state index contributed by atoms with van der Waals surface area (Å²) in [4.78, 5) is 31.8. The van der Waals surface area contributed by atoms with Gasteiger partial charge in [-0.05, 0) is 42.8 Å². The van der Waals surface area contributed by atoms with Gasteiger partial charge < -0.3 is 19.5 Å². The summed E-state index contributed by atoms with van der Waals surface area (Å²) in [6.45, 7) is 2.48. The summed E-state index contributed by atoms with van der Waals surface area (Å²) in [5.41, 5.74) is 1.84. The van der Waals surface area contributed by atoms with Crippen molar-refractivity contribution < 1.29 is 24.2 Å². The Bertz CT molecular complexity index is 1210. The lowest BCUT2D eigenvalue weighted by atomic mass is 9.95. The molecule has 7 heteroatoms. The molecule has 3 aromatic rings. The van der Waals surface area contributed by atoms with Crippen molar-refractivity contribution in [3.05, 3.63) is 95.3 Å². The molecule has 0 aliphatic carbocycles. The van der Waals surface area contributed by atoms with Gasteiger partial charge in [0, 0.05) is 23.5 Å². The van der Waals surface area contributed by atoms with Crippen molar-refractivity contribution >= 4 is 17.4 Å². The van der Waals surface area contributed by atoms with E-state index >= 15 is 0 Å². The van der Waals surface area contributed by atoms with Gasteiger partial charge in [-0.3, -0.25) is 14.6 Å². The zero-order valence-corrected chi connectivity index (χ0v) is 18.4. The van der Waals surface area contributed by atoms with Gasteiger partial charge in [-0.1, -0.05) is 30.3 Å². The highest BCUT2D eigenvalue weighted by atomic mass is 16.5. The molecular formula is C26H24N2O5. The number of ether oxygens (including phenoxy) is 2. The van der Waals surface area contributed by atoms with Gasteiger partial charge in [-0.25, -0.2) is 0 Å². The Kier molecular flexibility index (Phi) is 6.40. The smallest absolute Gasteiger partial charge is 0.295 e. The molecule has 2 heterocycles. The monoisotopic (exact) mass is 444 g/mol. The zero-order chi connectivity index (χ0) is 23.4. The van der Waals surface area contributed by atoms with Crippen LogP contribution in [0.2, 0.25) is 0 Å². The first-order chi connectivity index (χ1) is 16.0. The number of ketones is 1. The fourth-order valence-electron chi connectivity index (χ4n) is 4.01. The Labute approximate surface area is 191 Å². The zero-order valence-electron chi connectivity index (χ0n) is 18.4. The number of carbonyl (C=O) groups excluding carboxylic acids is 2. The van der Waals surface area contributed by atoms with E-state index in [0.29, 0.717) is 29.2 Å². The summed E-state index contributed by atoms with van der Waals surface area (Å²) in [7, 11) is 1.55. The number of benzene rings is 2. The third kappa shape index (κ3) is 4.30. The number of para-hydroxylation sites is 1. The third-order valence-corrected chi connectivity index (χ3v) is 5.51. The van der Waals surface area contributed by atoms with Crippen LogP contribution >= 0.6 is 0 Å². The first-order valence-electron chi connectivity index (χ1n) is 10.6. The number of hydrogen-bond donors (Lipinski definition) is 1. The molecule has 1 fully saturated rings. The van der Waals surface area contributed by atoms with Crippen LogP contribution in [0, 0.1) is 0 Å². The maximum absolute atomic E-state index is 13.2. The fraction of sp³-hybridized carbons (Fsp3) is 0.192. The van der Waals surface area contributed by atoms with E-state index in [1.165, 1.54) is 17.3 Å². The highest BCUT2D eigenvalue weighted by Crippen LogP contribution is 2.41. The Morgan fingerprint density at radius 1 is 1.06 bits per heavy atom. The number of carbonyl (C=O) groups is 2. The minimum Gasteiger partial charge on any atom is -0.507 e. The molecule has 33 heavy (non-hydrogen) atoms. The van der Waals surface area contributed by atoms with Crippen LogP contribution in [0.25, 0.3) is 5.76 Å². The van der Waals surface area contributed by atoms with Crippen molar-refractivity contribution in [2.45, 2.75) is 19.5 Å². The van der Waals surface area contributed by atoms with Gasteiger partial charge in [0.25, 0.3) is 11.7 Å². The first kappa shape index (κ1) is 22.1. The second-order valence-electron chi connectivity index (χ2n) is 7.48. The Morgan fingerprint density at radius 3 is 2.55 bits per heavy atom. The van der Waals surface area contributed by atoms with Crippen LogP contribution < -0.4 is 9.47 Å². The van der Waals surface area contributed by atoms with E-state index in [2.05, 4.69) is 4.98 Å². The molecule has 1 N–H and O–H groups in total. The van der Waals surface area contributed by atoms with Gasteiger partial charge in [0.05, 0.1) is 31.9 Å². The average molecular weight is 444 g/mol. The third-order valence-electron chi connectivity index (χ3n) is 5.51. The first-order valence-corrected chi connectivity index (χ1v) is 10.6. The van der Waals surface area contributed by atoms with Gasteiger partial charge in [0.2, 0.25) is 0 Å². The van der Waals surface area contributed by atoms with E-state index < -0.39 is 17.7 Å². The summed E-state index contributed by atoms with van der Waals surface area (Å²) >= 11 is 0. The molecule has 0 spiro atoms. The number of methoxy groups -OCH3 is 1. The molecule has 1 aromatic heterocycles. The fourth-order valence-corrected chi connectivity index (χ4v) is 4.01. The molecule has 1 saturated heterocycles. The minimum atomic E-state index is -0.802. The van der Waals surface area contributed by atoms with Gasteiger partial charge in [0.1, 0.15) is 17.3 Å². The number of amides is 1. The van der Waals surface area contributed by atoms with Gasteiger partial charge in [0.15, 0.2) is 0 Å². The normalized spacial score (nSPS) is 17.3. The number of aliphatic hydroxyl groups is 1. The summed E-state index contributed by atoms with van der Waals surface area (Å²) in [5, 5.41) is 11.1. The molecule has 1 atom stereocenters. The summed E-state index contributed by atoms with van der Waals surface area (Å²) in [6, 6.07) is 16.9. The number of aliphatic hydroxyl groups excluding tert-OH is 1. The molecule has 7 nitrogen and oxygen atoms in total. The predicted octanol–water partition coefficient (Wildman–Crippen LogP) is 4.11. The molecule has 4 rings (SSSR count). The molecule has 0 bridgehead atoms. The number of rotatable bonds is 7. The highest BCUT2D eigenvalue weighted by Gasteiger charge is 2.46. The topological polar surface area (TPSA) is 89.0 Å². The number of aromatic nitrogens is 1. The quantitative estimate of drug-likeness (QED) is 0.335. The van der Waals surface area contributed by atoms with E-state index in [0.717, 1.165) is 5.56 Å². The van der Waals surface area contributed by atoms with Crippen LogP contribution in [0.5, 0.6) is 11.5 Å². The number of pyridine rings is 1. The average Bonchev–Trinajstić information content (AvgIpc) is 3.10. The van der Waals surface area contributed by atoms with Crippen LogP contribution in [0.15, 0.2) is 78.6 Å². The molecule has 0 saturated carbocycles. The van der Waals surface area contributed by atoms with E-state index in [4.69, 9.17) is 9.47 Å². The molecule has 1 aliphatic rings. The van der Waals surface area contributed by atoms with E-state index in [-0.39, 0.29) is 17.9 Å². The van der Waals surface area contributed by atoms with Crippen LogP contribution in [0.3, 0.4) is 0 Å². The van der Waals surface area contributed by atoms with Crippen molar-refractivity contribution in [3.8, 4) is 11.5 Å². The van der Waals surface area contributed by atoms with Crippen molar-refractivity contribution in [2.75, 3.05) is 13.7 Å². The molecule has 1 unspecified atom stereocenters. The minimum absolute atomic E-state index is 0.0229. The van der Waals surface area contributed by atoms with Crippen LogP contribution in [0.1, 0.15) is 29.7 Å². The van der Waals surface area contributed by atoms with E-state index in [1.54, 1.807) is 37.4 Å². The van der Waals surface area contributed by atoms with Crippen molar-refractivity contribution in [1.82, 2.24) is 9.88 Å². The van der Waals surface area contributed by atoms with Crippen LogP contribution in [0.4, 0.5) is 0 Å². The van der Waals surface area contributed by atoms with Crippen molar-refractivity contribution in [2.24, 2.45) is 0 Å². The standard InChI is InChI=1S/C26H24N2O5/c1-3-33-20-9-6-8-18(15-20)23-22(24(29)17-11-13-27-14-12-17)25(30)26(31)28(23)16-19-7-4-5-10-21(19)32-2/h4-15,23,29H,3,16H2,1-2H3/b24-22-. The second-order valence-corrected chi connectivity index (χ2v) is 7.48. The van der Waals surface area contributed by atoms with E-state index in [1.807, 2.05) is 37.3 Å². The number of hydrogen-bond acceptors (Lipinski definition) is 6. The maximum atomic E-state index is 13.2. The van der Waals surface area contributed by atoms with Gasteiger partial charge in [-0.15, -0.1) is 0 Å². The predicted molar refractivity (Wildman–Crippen MR) is 123 cm³/mol. The Balaban J connectivity index is 1.87. The Hall–Kier alpha value is -4.13. The lowest BCUT2D eigenvalue weighted by Crippen LogP contribution is -2.29. The Morgan fingerprint density at radius 2 is 1.82 bits per heavy atom. The molecule has 0 radical (unpaired) electrons. The highest BCUT2D eigenvalue weighted by molar-refractivity contribution is 6.46. The number of Topliss-reactive ketones (excluding diaryl/α,β-unsaturated/α-hetero) is 1. The summed E-state index contributed by atoms with van der Waals surface area (Å²) in [6.07, 6.45) is 3.04. The van der Waals surface area contributed by atoms with E-state index in [9.17, 15) is 14.7 Å². The van der Waals surface area contributed by atoms with Crippen molar-refractivity contribution in [1.29, 1.82) is 0 Å². The summed E-state index contributed by atoms with van der Waals surface area (Å²) in [5.74, 6) is -0.462. The van der Waals surface area contributed by atoms with Gasteiger partial charge in [-0.2, -0.15) is 0 Å². The molecule has 1 amide bonds. The lowest BCUT2D eigenvalue weighted by molar-refractivity contribution is -0.140. The molecule has 2 aromatic carbocycles. The maximum Gasteiger partial charge on any atom is 0.295 e. The van der Waals surface area contributed by atoms with Gasteiger partial charge >= 0.3 is 0 Å². The van der Waals surface area contributed by atoms with Crippen LogP contribution in [-0.4, -0.2) is 40.4 Å². The van der Waals surface area contributed by atoms with Crippen LogP contribution in [-0.2, 0) is 16.1 Å². The van der Waals surface area contributed by atoms with Crippen molar-refractivity contribution in [3.63, 3.8) is 0 Å². The SMILES string of the molecule is CCOc1cccc(C2/C(=C(/O)c3ccncc3)C(=O)C(=O)N2Cc2ccccc2OC)c1. The second kappa shape index (κ2) is 9.56. The number of likely N-dealkylation sites (tertiary alicyclic amines) is 1. The number of nitrogens with zero attached hydrogens (tertiary/aromatic N) is 2. The molecule has 168 valence electrons. The lowest BCUT2D eigenvalue weighted by Gasteiger charge is -2.26. The molecular weight excluding hydrogens is 420 g/mol. The summed E-state index contributed by atoms with van der Waals surface area (Å²) < 4.78 is 11.1.